The van der Waals surface area contributed by atoms with Crippen molar-refractivity contribution in [2.75, 3.05) is 0 Å². The van der Waals surface area contributed by atoms with Gasteiger partial charge in [0.25, 0.3) is 0 Å². The zero-order chi connectivity index (χ0) is 17.0. The maximum Gasteiger partial charge on any atom is 0.0781 e. The Morgan fingerprint density at radius 2 is 1.12 bits per heavy atom. The molecular weight excluding hydrogens is 316 g/mol. The second-order valence-corrected chi connectivity index (χ2v) is 13.0. The zero-order valence-electron chi connectivity index (χ0n) is 15.3. The van der Waals surface area contributed by atoms with Crippen LogP contribution >= 0.6 is 0 Å². The molecule has 2 unspecified atom stereocenters. The van der Waals surface area contributed by atoms with Gasteiger partial charge < -0.3 is 0 Å². The van der Waals surface area contributed by atoms with Crippen LogP contribution in [0.15, 0.2) is 59.7 Å². The Labute approximate surface area is 152 Å². The van der Waals surface area contributed by atoms with Gasteiger partial charge >= 0.3 is 0 Å². The average Bonchev–Trinajstić information content (AvgIpc) is 3.28. The molecule has 2 aliphatic carbocycles. The summed E-state index contributed by atoms with van der Waals surface area (Å²) in [5.41, 5.74) is 10.9. The van der Waals surface area contributed by atoms with Crippen LogP contribution in [0.4, 0.5) is 0 Å². The van der Waals surface area contributed by atoms with Crippen molar-refractivity contribution >= 4 is 20.2 Å². The maximum atomic E-state index is 2.48. The summed E-state index contributed by atoms with van der Waals surface area (Å²) in [6, 6.07) is 21.3. The molecule has 0 bridgehead atoms. The van der Waals surface area contributed by atoms with Crippen molar-refractivity contribution in [3.05, 3.63) is 81.9 Å². The first-order valence-electron chi connectivity index (χ1n) is 9.75. The van der Waals surface area contributed by atoms with E-state index in [2.05, 4.69) is 74.5 Å². The Morgan fingerprint density at radius 3 is 1.60 bits per heavy atom. The summed E-state index contributed by atoms with van der Waals surface area (Å²) in [5, 5.41) is 0. The molecule has 2 aromatic rings. The molecular formula is C24H26Si. The lowest BCUT2D eigenvalue weighted by molar-refractivity contribution is 0.935. The second kappa shape index (κ2) is 5.57. The van der Waals surface area contributed by atoms with E-state index in [1.807, 2.05) is 0 Å². The van der Waals surface area contributed by atoms with E-state index >= 15 is 0 Å². The van der Waals surface area contributed by atoms with Gasteiger partial charge in [-0.3, -0.25) is 0 Å². The predicted molar refractivity (Wildman–Crippen MR) is 110 cm³/mol. The van der Waals surface area contributed by atoms with Crippen LogP contribution in [-0.4, -0.2) is 8.07 Å². The molecule has 1 saturated heterocycles. The molecule has 0 N–H and O–H groups in total. The van der Waals surface area contributed by atoms with E-state index in [4.69, 9.17) is 0 Å². The van der Waals surface area contributed by atoms with Crippen molar-refractivity contribution in [2.45, 2.75) is 49.9 Å². The SMILES string of the molecule is CC1=Cc2ccccc2C1[Si]1(C2C(C)=Cc3ccccc32)CCCC1. The van der Waals surface area contributed by atoms with Crippen molar-refractivity contribution in [3.8, 4) is 0 Å². The van der Waals surface area contributed by atoms with Gasteiger partial charge in [0.2, 0.25) is 0 Å². The van der Waals surface area contributed by atoms with E-state index in [0.717, 1.165) is 0 Å². The van der Waals surface area contributed by atoms with Crippen LogP contribution in [0, 0.1) is 0 Å². The highest BCUT2D eigenvalue weighted by Gasteiger charge is 2.53. The van der Waals surface area contributed by atoms with Crippen molar-refractivity contribution in [3.63, 3.8) is 0 Å². The lowest BCUT2D eigenvalue weighted by atomic mass is 10.1. The minimum Gasteiger partial charge on any atom is -0.0679 e. The summed E-state index contributed by atoms with van der Waals surface area (Å²) < 4.78 is 0. The van der Waals surface area contributed by atoms with Gasteiger partial charge in [-0.2, -0.15) is 0 Å². The summed E-state index contributed by atoms with van der Waals surface area (Å²) in [4.78, 5) is 0. The quantitative estimate of drug-likeness (QED) is 0.532. The van der Waals surface area contributed by atoms with Crippen molar-refractivity contribution in [2.24, 2.45) is 0 Å². The minimum absolute atomic E-state index is 0.714. The van der Waals surface area contributed by atoms with Crippen LogP contribution in [0.2, 0.25) is 12.1 Å². The van der Waals surface area contributed by atoms with E-state index in [0.29, 0.717) is 11.1 Å². The van der Waals surface area contributed by atoms with Gasteiger partial charge in [-0.05, 0) is 36.1 Å². The molecule has 0 spiro atoms. The first-order valence-corrected chi connectivity index (χ1v) is 12.3. The first-order chi connectivity index (χ1) is 12.2. The largest absolute Gasteiger partial charge is 0.0781 e. The fourth-order valence-electron chi connectivity index (χ4n) is 6.26. The summed E-state index contributed by atoms with van der Waals surface area (Å²) in [7, 11) is -1.53. The fourth-order valence-corrected chi connectivity index (χ4v) is 13.6. The van der Waals surface area contributed by atoms with Gasteiger partial charge in [0.1, 0.15) is 0 Å². The molecule has 1 fully saturated rings. The summed E-state index contributed by atoms with van der Waals surface area (Å²) in [6.45, 7) is 4.80. The molecule has 0 saturated carbocycles. The molecule has 1 heteroatoms. The Balaban J connectivity index is 1.70. The number of hydrogen-bond donors (Lipinski definition) is 0. The van der Waals surface area contributed by atoms with E-state index < -0.39 is 8.07 Å². The van der Waals surface area contributed by atoms with E-state index in [1.54, 1.807) is 22.3 Å². The summed E-state index contributed by atoms with van der Waals surface area (Å²) >= 11 is 0. The van der Waals surface area contributed by atoms with Crippen LogP contribution in [0.1, 0.15) is 60.0 Å². The molecule has 0 radical (unpaired) electrons. The van der Waals surface area contributed by atoms with Crippen LogP contribution < -0.4 is 0 Å². The molecule has 0 aromatic heterocycles. The Hall–Kier alpha value is -1.86. The van der Waals surface area contributed by atoms with Crippen LogP contribution in [0.3, 0.4) is 0 Å². The van der Waals surface area contributed by atoms with Gasteiger partial charge in [-0.15, -0.1) is 0 Å². The highest BCUT2D eigenvalue weighted by Crippen LogP contribution is 2.58. The topological polar surface area (TPSA) is 0 Å². The molecule has 2 atom stereocenters. The molecule has 3 aliphatic rings. The first kappa shape index (κ1) is 15.4. The van der Waals surface area contributed by atoms with E-state index in [9.17, 15) is 0 Å². The van der Waals surface area contributed by atoms with Gasteiger partial charge in [0, 0.05) is 11.1 Å². The third-order valence-corrected chi connectivity index (χ3v) is 13.4. The predicted octanol–water partition coefficient (Wildman–Crippen LogP) is 6.71. The van der Waals surface area contributed by atoms with Crippen LogP contribution in [-0.2, 0) is 0 Å². The third-order valence-electron chi connectivity index (χ3n) is 6.98. The molecule has 5 rings (SSSR count). The van der Waals surface area contributed by atoms with Crippen LogP contribution in [0.25, 0.3) is 12.2 Å². The number of benzene rings is 2. The van der Waals surface area contributed by atoms with Gasteiger partial charge in [0.05, 0.1) is 8.07 Å². The highest BCUT2D eigenvalue weighted by molar-refractivity contribution is 6.84. The molecule has 1 aliphatic heterocycles. The summed E-state index contributed by atoms with van der Waals surface area (Å²) in [6.07, 6.45) is 7.83. The number of hydrogen-bond acceptors (Lipinski definition) is 0. The Morgan fingerprint density at radius 1 is 0.680 bits per heavy atom. The van der Waals surface area contributed by atoms with Gasteiger partial charge in [0.15, 0.2) is 0 Å². The normalized spacial score (nSPS) is 26.2. The third kappa shape index (κ3) is 2.12. The van der Waals surface area contributed by atoms with Crippen molar-refractivity contribution in [1.82, 2.24) is 0 Å². The van der Waals surface area contributed by atoms with Crippen molar-refractivity contribution in [1.29, 1.82) is 0 Å². The molecule has 1 heterocycles. The summed E-state index contributed by atoms with van der Waals surface area (Å²) in [5.74, 6) is 0. The van der Waals surface area contributed by atoms with Crippen LogP contribution in [0.5, 0.6) is 0 Å². The second-order valence-electron chi connectivity index (χ2n) is 8.34. The van der Waals surface area contributed by atoms with Gasteiger partial charge in [-0.25, -0.2) is 0 Å². The Kier molecular flexibility index (Phi) is 3.43. The molecule has 2 aromatic carbocycles. The molecule has 25 heavy (non-hydrogen) atoms. The molecule has 126 valence electrons. The standard InChI is InChI=1S/C24H26Si/c1-17-15-19-9-3-5-11-21(19)23(17)25(13-7-8-14-25)24-18(2)16-20-10-4-6-12-22(20)24/h3-6,9-12,15-16,23-24H,7-8,13-14H2,1-2H3. The fraction of sp³-hybridized carbons (Fsp3) is 0.333. The minimum atomic E-state index is -1.53. The van der Waals surface area contributed by atoms with Gasteiger partial charge in [-0.1, -0.05) is 96.8 Å². The number of allylic oxidation sites excluding steroid dienone is 2. The Bertz CT molecular complexity index is 826. The average molecular weight is 343 g/mol. The lowest BCUT2D eigenvalue weighted by Crippen LogP contribution is -2.45. The maximum absolute atomic E-state index is 2.48. The smallest absolute Gasteiger partial charge is 0.0679 e. The number of fused-ring (bicyclic) bond motifs is 2. The lowest BCUT2D eigenvalue weighted by Gasteiger charge is -2.42. The zero-order valence-corrected chi connectivity index (χ0v) is 16.3. The van der Waals surface area contributed by atoms with E-state index in [-0.39, 0.29) is 0 Å². The molecule has 0 amide bonds. The van der Waals surface area contributed by atoms with E-state index in [1.165, 1.54) is 36.1 Å². The molecule has 0 nitrogen and oxygen atoms in total. The van der Waals surface area contributed by atoms with Crippen molar-refractivity contribution < 1.29 is 0 Å². The number of rotatable bonds is 2. The monoisotopic (exact) mass is 342 g/mol. The highest BCUT2D eigenvalue weighted by atomic mass is 28.3.